The van der Waals surface area contributed by atoms with E-state index < -0.39 is 17.8 Å². The molecule has 0 aromatic heterocycles. The van der Waals surface area contributed by atoms with Crippen LogP contribution in [0.1, 0.15) is 42.9 Å². The Kier molecular flexibility index (Phi) is 4.36. The predicted octanol–water partition coefficient (Wildman–Crippen LogP) is 3.17. The molecule has 0 saturated heterocycles. The minimum absolute atomic E-state index is 0.172. The molecule has 0 bridgehead atoms. The molecule has 0 heterocycles. The fourth-order valence-electron chi connectivity index (χ4n) is 2.75. The van der Waals surface area contributed by atoms with E-state index in [2.05, 4.69) is 5.43 Å². The number of alkyl halides is 3. The van der Waals surface area contributed by atoms with E-state index in [4.69, 9.17) is 10.6 Å². The molecule has 1 atom stereocenters. The molecule has 1 aliphatic carbocycles. The summed E-state index contributed by atoms with van der Waals surface area (Å²) in [6.45, 7) is 0. The quantitative estimate of drug-likeness (QED) is 0.646. The van der Waals surface area contributed by atoms with Crippen molar-refractivity contribution in [1.82, 2.24) is 5.43 Å². The maximum atomic E-state index is 13.1. The van der Waals surface area contributed by atoms with Crippen LogP contribution in [0.2, 0.25) is 0 Å². The van der Waals surface area contributed by atoms with Gasteiger partial charge in [-0.1, -0.05) is 18.2 Å². The van der Waals surface area contributed by atoms with Crippen molar-refractivity contribution in [3.8, 4) is 0 Å². The lowest BCUT2D eigenvalue weighted by Gasteiger charge is -2.43. The molecule has 3 N–H and O–H groups in total. The zero-order valence-corrected chi connectivity index (χ0v) is 11.3. The number of rotatable bonds is 5. The maximum absolute atomic E-state index is 13.1. The summed E-state index contributed by atoms with van der Waals surface area (Å²) in [5.74, 6) is 5.48. The maximum Gasteiger partial charge on any atom is 0.416 e. The number of ether oxygens (including phenoxy) is 1. The summed E-state index contributed by atoms with van der Waals surface area (Å²) in [5.41, 5.74) is 1.68. The summed E-state index contributed by atoms with van der Waals surface area (Å²) < 4.78 is 44.6. The molecule has 112 valence electrons. The highest BCUT2D eigenvalue weighted by molar-refractivity contribution is 5.32. The SMILES string of the molecule is COC1(CC(NN)c2ccccc2C(F)(F)F)CCC1. The van der Waals surface area contributed by atoms with Crippen molar-refractivity contribution in [1.29, 1.82) is 0 Å². The molecule has 1 unspecified atom stereocenters. The summed E-state index contributed by atoms with van der Waals surface area (Å²) in [5, 5.41) is 0. The normalized spacial score (nSPS) is 19.4. The zero-order valence-electron chi connectivity index (χ0n) is 11.3. The van der Waals surface area contributed by atoms with Gasteiger partial charge in [0.25, 0.3) is 0 Å². The Bertz CT molecular complexity index is 452. The number of nitrogens with two attached hydrogens (primary N) is 1. The van der Waals surface area contributed by atoms with Crippen LogP contribution in [0.3, 0.4) is 0 Å². The van der Waals surface area contributed by atoms with Gasteiger partial charge >= 0.3 is 6.18 Å². The molecular weight excluding hydrogens is 269 g/mol. The van der Waals surface area contributed by atoms with Crippen LogP contribution in [0.4, 0.5) is 13.2 Å². The molecule has 2 rings (SSSR count). The first-order chi connectivity index (χ1) is 9.42. The van der Waals surface area contributed by atoms with Crippen LogP contribution < -0.4 is 11.3 Å². The molecule has 0 spiro atoms. The average Bonchev–Trinajstić information content (AvgIpc) is 2.37. The first kappa shape index (κ1) is 15.3. The Labute approximate surface area is 116 Å². The Morgan fingerprint density at radius 3 is 2.45 bits per heavy atom. The summed E-state index contributed by atoms with van der Waals surface area (Å²) >= 11 is 0. The molecule has 1 saturated carbocycles. The molecule has 6 heteroatoms. The molecule has 0 aliphatic heterocycles. The fourth-order valence-corrected chi connectivity index (χ4v) is 2.75. The van der Waals surface area contributed by atoms with Crippen LogP contribution in [0.15, 0.2) is 24.3 Å². The van der Waals surface area contributed by atoms with Crippen molar-refractivity contribution < 1.29 is 17.9 Å². The number of hydrogen-bond acceptors (Lipinski definition) is 3. The van der Waals surface area contributed by atoms with Gasteiger partial charge in [-0.05, 0) is 37.3 Å². The number of hydrogen-bond donors (Lipinski definition) is 2. The van der Waals surface area contributed by atoms with Crippen LogP contribution in [0, 0.1) is 0 Å². The molecule has 1 fully saturated rings. The van der Waals surface area contributed by atoms with Crippen LogP contribution in [-0.4, -0.2) is 12.7 Å². The second-order valence-electron chi connectivity index (χ2n) is 5.25. The number of halogens is 3. The second-order valence-corrected chi connectivity index (χ2v) is 5.25. The highest BCUT2D eigenvalue weighted by Gasteiger charge is 2.41. The summed E-state index contributed by atoms with van der Waals surface area (Å²) in [6, 6.07) is 4.95. The second kappa shape index (κ2) is 5.71. The van der Waals surface area contributed by atoms with E-state index in [0.29, 0.717) is 6.42 Å². The van der Waals surface area contributed by atoms with Crippen molar-refractivity contribution in [3.05, 3.63) is 35.4 Å². The third-order valence-corrected chi connectivity index (χ3v) is 4.12. The average molecular weight is 288 g/mol. The van der Waals surface area contributed by atoms with E-state index in [9.17, 15) is 13.2 Å². The van der Waals surface area contributed by atoms with Gasteiger partial charge in [0.2, 0.25) is 0 Å². The van der Waals surface area contributed by atoms with Crippen LogP contribution in [0.25, 0.3) is 0 Å². The van der Waals surface area contributed by atoms with Gasteiger partial charge in [0, 0.05) is 13.2 Å². The van der Waals surface area contributed by atoms with Gasteiger partial charge in [0.1, 0.15) is 0 Å². The number of benzene rings is 1. The lowest BCUT2D eigenvalue weighted by molar-refractivity contribution is -0.139. The Hall–Kier alpha value is -1.11. The lowest BCUT2D eigenvalue weighted by Crippen LogP contribution is -2.44. The smallest absolute Gasteiger partial charge is 0.378 e. The van der Waals surface area contributed by atoms with E-state index >= 15 is 0 Å². The van der Waals surface area contributed by atoms with Gasteiger partial charge in [0.15, 0.2) is 0 Å². The summed E-state index contributed by atoms with van der Waals surface area (Å²) in [4.78, 5) is 0. The molecule has 0 radical (unpaired) electrons. The van der Waals surface area contributed by atoms with Crippen molar-refractivity contribution in [2.45, 2.75) is 43.5 Å². The highest BCUT2D eigenvalue weighted by atomic mass is 19.4. The van der Waals surface area contributed by atoms with E-state index in [-0.39, 0.29) is 11.2 Å². The minimum Gasteiger partial charge on any atom is -0.378 e. The van der Waals surface area contributed by atoms with Crippen molar-refractivity contribution in [3.63, 3.8) is 0 Å². The molecule has 1 aromatic rings. The minimum atomic E-state index is -4.38. The fraction of sp³-hybridized carbons (Fsp3) is 0.571. The van der Waals surface area contributed by atoms with Crippen molar-refractivity contribution in [2.75, 3.05) is 7.11 Å². The number of nitrogens with one attached hydrogen (secondary N) is 1. The lowest BCUT2D eigenvalue weighted by atomic mass is 9.74. The van der Waals surface area contributed by atoms with E-state index in [0.717, 1.165) is 25.3 Å². The van der Waals surface area contributed by atoms with Gasteiger partial charge < -0.3 is 4.74 Å². The molecule has 1 aromatic carbocycles. The third kappa shape index (κ3) is 2.97. The third-order valence-electron chi connectivity index (χ3n) is 4.12. The van der Waals surface area contributed by atoms with Gasteiger partial charge in [-0.15, -0.1) is 0 Å². The van der Waals surface area contributed by atoms with E-state index in [1.54, 1.807) is 13.2 Å². The topological polar surface area (TPSA) is 47.3 Å². The number of methoxy groups -OCH3 is 1. The van der Waals surface area contributed by atoms with Crippen molar-refractivity contribution >= 4 is 0 Å². The number of hydrazine groups is 1. The summed E-state index contributed by atoms with van der Waals surface area (Å²) in [6.07, 6.45) is -1.20. The highest BCUT2D eigenvalue weighted by Crippen LogP contribution is 2.43. The largest absolute Gasteiger partial charge is 0.416 e. The molecule has 1 aliphatic rings. The zero-order chi connectivity index (χ0) is 14.8. The van der Waals surface area contributed by atoms with E-state index in [1.807, 2.05) is 0 Å². The molecule has 3 nitrogen and oxygen atoms in total. The Balaban J connectivity index is 2.28. The Morgan fingerprint density at radius 2 is 2.00 bits per heavy atom. The predicted molar refractivity (Wildman–Crippen MR) is 69.7 cm³/mol. The standard InChI is InChI=1S/C14H19F3N2O/c1-20-13(7-4-8-13)9-12(19-18)10-5-2-3-6-11(10)14(15,16)17/h2-3,5-6,12,19H,4,7-9,18H2,1H3. The van der Waals surface area contributed by atoms with E-state index in [1.165, 1.54) is 12.1 Å². The Morgan fingerprint density at radius 1 is 1.35 bits per heavy atom. The molecule has 0 amide bonds. The van der Waals surface area contributed by atoms with Crippen LogP contribution in [0.5, 0.6) is 0 Å². The first-order valence-corrected chi connectivity index (χ1v) is 6.59. The molecular formula is C14H19F3N2O. The van der Waals surface area contributed by atoms with Crippen LogP contribution >= 0.6 is 0 Å². The summed E-state index contributed by atoms with van der Waals surface area (Å²) in [7, 11) is 1.60. The van der Waals surface area contributed by atoms with Gasteiger partial charge in [0.05, 0.1) is 11.2 Å². The first-order valence-electron chi connectivity index (χ1n) is 6.59. The van der Waals surface area contributed by atoms with Gasteiger partial charge in [-0.25, -0.2) is 0 Å². The monoisotopic (exact) mass is 288 g/mol. The van der Waals surface area contributed by atoms with Gasteiger partial charge in [-0.2, -0.15) is 13.2 Å². The van der Waals surface area contributed by atoms with Crippen LogP contribution in [-0.2, 0) is 10.9 Å². The van der Waals surface area contributed by atoms with Crippen molar-refractivity contribution in [2.24, 2.45) is 5.84 Å². The van der Waals surface area contributed by atoms with Gasteiger partial charge in [-0.3, -0.25) is 11.3 Å². The molecule has 20 heavy (non-hydrogen) atoms.